The number of carboxylic acids is 1. The quantitative estimate of drug-likeness (QED) is 0.849. The summed E-state index contributed by atoms with van der Waals surface area (Å²) in [6.07, 6.45) is 0.673. The number of furan rings is 1. The fourth-order valence-electron chi connectivity index (χ4n) is 2.45. The molecule has 8 heteroatoms. The fourth-order valence-corrected chi connectivity index (χ4v) is 4.07. The first kappa shape index (κ1) is 15.3. The van der Waals surface area contributed by atoms with Crippen LogP contribution in [-0.2, 0) is 13.0 Å². The Balaban J connectivity index is 1.93. The Hall–Kier alpha value is -1.64. The number of hydrogen-bond acceptors (Lipinski definition) is 5. The maximum Gasteiger partial charge on any atom is 0.339 e. The van der Waals surface area contributed by atoms with Crippen molar-refractivity contribution in [2.45, 2.75) is 13.0 Å². The molecule has 0 fully saturated rings. The van der Waals surface area contributed by atoms with Gasteiger partial charge in [-0.25, -0.2) is 4.79 Å². The van der Waals surface area contributed by atoms with Crippen LogP contribution in [0.1, 0.15) is 31.4 Å². The summed E-state index contributed by atoms with van der Waals surface area (Å²) in [5.41, 5.74) is 1.03. The number of amides is 1. The lowest BCUT2D eigenvalue weighted by Gasteiger charge is -2.22. The molecule has 0 aromatic carbocycles. The minimum atomic E-state index is -1.02. The van der Waals surface area contributed by atoms with E-state index < -0.39 is 11.9 Å². The van der Waals surface area contributed by atoms with Crippen LogP contribution in [0, 0.1) is 0 Å². The highest BCUT2D eigenvalue weighted by Crippen LogP contribution is 2.37. The van der Waals surface area contributed by atoms with Crippen molar-refractivity contribution in [3.8, 4) is 0 Å². The maximum absolute atomic E-state index is 12.2. The third kappa shape index (κ3) is 2.81. The largest absolute Gasteiger partial charge is 0.478 e. The highest BCUT2D eigenvalue weighted by Gasteiger charge is 2.28. The Labute approximate surface area is 138 Å². The van der Waals surface area contributed by atoms with Gasteiger partial charge in [0.25, 0.3) is 5.91 Å². The molecule has 1 aliphatic heterocycles. The maximum atomic E-state index is 12.2. The minimum absolute atomic E-state index is 0.131. The van der Waals surface area contributed by atoms with E-state index in [1.165, 1.54) is 17.4 Å². The number of anilines is 1. The van der Waals surface area contributed by atoms with Crippen molar-refractivity contribution in [2.24, 2.45) is 0 Å². The molecule has 1 aliphatic rings. The van der Waals surface area contributed by atoms with Crippen LogP contribution in [0.4, 0.5) is 5.00 Å². The van der Waals surface area contributed by atoms with E-state index in [0.717, 1.165) is 17.0 Å². The molecule has 0 radical (unpaired) electrons. The lowest BCUT2D eigenvalue weighted by Crippen LogP contribution is -2.26. The second-order valence-corrected chi connectivity index (χ2v) is 6.95. The van der Waals surface area contributed by atoms with Crippen LogP contribution in [-0.4, -0.2) is 35.5 Å². The molecule has 6 nitrogen and oxygen atoms in total. The monoisotopic (exact) mass is 384 g/mol. The van der Waals surface area contributed by atoms with Crippen LogP contribution in [0.25, 0.3) is 0 Å². The summed E-state index contributed by atoms with van der Waals surface area (Å²) in [7, 11) is 1.99. The number of nitrogens with zero attached hydrogens (tertiary/aromatic N) is 1. The number of thiophene rings is 1. The highest BCUT2D eigenvalue weighted by molar-refractivity contribution is 9.10. The second-order valence-electron chi connectivity index (χ2n) is 5.06. The van der Waals surface area contributed by atoms with Crippen molar-refractivity contribution in [1.29, 1.82) is 0 Å². The van der Waals surface area contributed by atoms with Crippen LogP contribution in [0.2, 0.25) is 0 Å². The van der Waals surface area contributed by atoms with E-state index in [4.69, 9.17) is 4.42 Å². The summed E-state index contributed by atoms with van der Waals surface area (Å²) in [6.45, 7) is 1.50. The average molecular weight is 385 g/mol. The fraction of sp³-hybridized carbons (Fsp3) is 0.286. The summed E-state index contributed by atoms with van der Waals surface area (Å²) in [4.78, 5) is 26.8. The van der Waals surface area contributed by atoms with Gasteiger partial charge in [-0.3, -0.25) is 4.79 Å². The molecule has 2 aromatic heterocycles. The summed E-state index contributed by atoms with van der Waals surface area (Å²) in [5.74, 6) is -1.34. The molecule has 0 atom stereocenters. The van der Waals surface area contributed by atoms with E-state index in [0.29, 0.717) is 22.6 Å². The zero-order valence-electron chi connectivity index (χ0n) is 11.7. The summed E-state index contributed by atoms with van der Waals surface area (Å²) >= 11 is 4.45. The molecule has 2 aromatic rings. The molecule has 0 spiro atoms. The normalized spacial score (nSPS) is 14.6. The molecule has 0 aliphatic carbocycles. The molecule has 0 bridgehead atoms. The minimum Gasteiger partial charge on any atom is -0.478 e. The van der Waals surface area contributed by atoms with Crippen molar-refractivity contribution in [3.05, 3.63) is 38.6 Å². The van der Waals surface area contributed by atoms with Crippen molar-refractivity contribution in [3.63, 3.8) is 0 Å². The number of hydrogen-bond donors (Lipinski definition) is 2. The van der Waals surface area contributed by atoms with E-state index in [1.54, 1.807) is 6.07 Å². The number of rotatable bonds is 3. The summed E-state index contributed by atoms with van der Waals surface area (Å²) < 4.78 is 5.64. The number of fused-ring (bicyclic) bond motifs is 1. The van der Waals surface area contributed by atoms with E-state index >= 15 is 0 Å². The van der Waals surface area contributed by atoms with Gasteiger partial charge in [0.15, 0.2) is 10.4 Å². The van der Waals surface area contributed by atoms with Gasteiger partial charge in [-0.05, 0) is 47.1 Å². The number of carboxylic acid groups (broad SMARTS) is 1. The van der Waals surface area contributed by atoms with Gasteiger partial charge >= 0.3 is 5.97 Å². The number of aromatic carboxylic acids is 1. The number of halogens is 1. The molecule has 2 N–H and O–H groups in total. The Morgan fingerprint density at radius 2 is 2.23 bits per heavy atom. The molecule has 0 unspecified atom stereocenters. The zero-order chi connectivity index (χ0) is 15.9. The third-order valence-corrected chi connectivity index (χ3v) is 5.04. The average Bonchev–Trinajstić information content (AvgIpc) is 3.01. The van der Waals surface area contributed by atoms with E-state index in [2.05, 4.69) is 26.1 Å². The summed E-state index contributed by atoms with van der Waals surface area (Å²) in [6, 6.07) is 3.14. The number of likely N-dealkylation sites (N-methyl/N-ethyl adjacent to an activating group) is 1. The highest BCUT2D eigenvalue weighted by atomic mass is 79.9. The van der Waals surface area contributed by atoms with Gasteiger partial charge in [-0.1, -0.05) is 0 Å². The Morgan fingerprint density at radius 1 is 1.45 bits per heavy atom. The topological polar surface area (TPSA) is 82.8 Å². The van der Waals surface area contributed by atoms with E-state index in [-0.39, 0.29) is 11.3 Å². The summed E-state index contributed by atoms with van der Waals surface area (Å²) in [5, 5.41) is 12.5. The van der Waals surface area contributed by atoms with Crippen LogP contribution in [0.3, 0.4) is 0 Å². The Bertz CT molecular complexity index is 752. The van der Waals surface area contributed by atoms with Crippen LogP contribution in [0.5, 0.6) is 0 Å². The predicted octanol–water partition coefficient (Wildman–Crippen LogP) is 3.04. The van der Waals surface area contributed by atoms with Gasteiger partial charge in [0.2, 0.25) is 0 Å². The van der Waals surface area contributed by atoms with Crippen molar-refractivity contribution in [2.75, 3.05) is 18.9 Å². The number of nitrogens with one attached hydrogen (secondary N) is 1. The molecular formula is C14H13BrN2O4S. The van der Waals surface area contributed by atoms with Gasteiger partial charge in [0, 0.05) is 18.0 Å². The number of carbonyl (C=O) groups excluding carboxylic acids is 1. The smallest absolute Gasteiger partial charge is 0.339 e. The molecule has 22 heavy (non-hydrogen) atoms. The van der Waals surface area contributed by atoms with Gasteiger partial charge < -0.3 is 19.7 Å². The Morgan fingerprint density at radius 3 is 2.86 bits per heavy atom. The molecule has 3 rings (SSSR count). The standard InChI is InChI=1S/C14H13BrN2O4S/c1-17-5-4-7-9(6-17)22-13(11(7)14(19)20)16-12(18)8-2-3-10(15)21-8/h2-3H,4-6H2,1H3,(H,16,18)(H,19,20). The molecule has 0 saturated carbocycles. The molecule has 1 amide bonds. The molecule has 3 heterocycles. The SMILES string of the molecule is CN1CCc2c(sc(NC(=O)c3ccc(Br)o3)c2C(=O)O)C1. The third-order valence-electron chi connectivity index (χ3n) is 3.49. The van der Waals surface area contributed by atoms with Crippen molar-refractivity contribution < 1.29 is 19.1 Å². The molecule has 0 saturated heterocycles. The first-order valence-electron chi connectivity index (χ1n) is 6.58. The van der Waals surface area contributed by atoms with Crippen LogP contribution >= 0.6 is 27.3 Å². The van der Waals surface area contributed by atoms with Gasteiger partial charge in [-0.2, -0.15) is 0 Å². The van der Waals surface area contributed by atoms with Gasteiger partial charge in [-0.15, -0.1) is 11.3 Å². The first-order valence-corrected chi connectivity index (χ1v) is 8.19. The Kier molecular flexibility index (Phi) is 4.07. The van der Waals surface area contributed by atoms with E-state index in [1.807, 2.05) is 7.05 Å². The second kappa shape index (κ2) is 5.86. The van der Waals surface area contributed by atoms with Crippen LogP contribution < -0.4 is 5.32 Å². The lowest BCUT2D eigenvalue weighted by molar-refractivity contribution is 0.0696. The number of carbonyl (C=O) groups is 2. The molecule has 116 valence electrons. The van der Waals surface area contributed by atoms with Crippen LogP contribution in [0.15, 0.2) is 21.2 Å². The van der Waals surface area contributed by atoms with Gasteiger partial charge in [0.05, 0.1) is 5.56 Å². The first-order chi connectivity index (χ1) is 10.5. The van der Waals surface area contributed by atoms with Crippen molar-refractivity contribution >= 4 is 44.1 Å². The lowest BCUT2D eigenvalue weighted by atomic mass is 10.0. The predicted molar refractivity (Wildman–Crippen MR) is 85.7 cm³/mol. The molecular weight excluding hydrogens is 372 g/mol. The van der Waals surface area contributed by atoms with Gasteiger partial charge in [0.1, 0.15) is 5.00 Å². The van der Waals surface area contributed by atoms with E-state index in [9.17, 15) is 14.7 Å². The zero-order valence-corrected chi connectivity index (χ0v) is 14.1. The van der Waals surface area contributed by atoms with Crippen molar-refractivity contribution in [1.82, 2.24) is 4.90 Å².